The Morgan fingerprint density at radius 1 is 0.839 bits per heavy atom. The number of nitrogens with zero attached hydrogens (tertiary/aromatic N) is 3. The standard InChI is InChI=1S/C27H22N4/c1-18-25(20-12-6-3-7-13-20)30-27-26(22-16-28-23-15-9-8-14-21(22)23)29-24(17-31(18)27)19-10-4-2-5-11-19/h2-16,26,28H,17H2,1H3. The summed E-state index contributed by atoms with van der Waals surface area (Å²) in [5, 5.41) is 1.19. The predicted octanol–water partition coefficient (Wildman–Crippen LogP) is 5.93. The summed E-state index contributed by atoms with van der Waals surface area (Å²) in [4.78, 5) is 13.8. The van der Waals surface area contributed by atoms with E-state index in [0.717, 1.165) is 46.0 Å². The average Bonchev–Trinajstić information content (AvgIpc) is 3.41. The lowest BCUT2D eigenvalue weighted by Gasteiger charge is -2.23. The Bertz CT molecular complexity index is 1410. The van der Waals surface area contributed by atoms with Gasteiger partial charge >= 0.3 is 0 Å². The summed E-state index contributed by atoms with van der Waals surface area (Å²) >= 11 is 0. The molecule has 3 heterocycles. The predicted molar refractivity (Wildman–Crippen MR) is 126 cm³/mol. The molecule has 5 aromatic rings. The van der Waals surface area contributed by atoms with Crippen molar-refractivity contribution >= 4 is 16.6 Å². The molecule has 31 heavy (non-hydrogen) atoms. The largest absolute Gasteiger partial charge is 0.361 e. The van der Waals surface area contributed by atoms with Crippen LogP contribution in [0.2, 0.25) is 0 Å². The Labute approximate surface area is 180 Å². The first-order valence-corrected chi connectivity index (χ1v) is 10.6. The number of aromatic amines is 1. The van der Waals surface area contributed by atoms with Gasteiger partial charge in [0.25, 0.3) is 0 Å². The molecule has 3 aromatic carbocycles. The van der Waals surface area contributed by atoms with Gasteiger partial charge in [-0.1, -0.05) is 78.9 Å². The van der Waals surface area contributed by atoms with Crippen molar-refractivity contribution in [1.82, 2.24) is 14.5 Å². The molecule has 1 N–H and O–H groups in total. The van der Waals surface area contributed by atoms with Gasteiger partial charge in [0.1, 0.15) is 11.9 Å². The van der Waals surface area contributed by atoms with Crippen molar-refractivity contribution in [3.8, 4) is 11.3 Å². The van der Waals surface area contributed by atoms with Crippen LogP contribution in [0.15, 0.2) is 96.1 Å². The maximum Gasteiger partial charge on any atom is 0.139 e. The third-order valence-corrected chi connectivity index (χ3v) is 6.16. The second-order valence-electron chi connectivity index (χ2n) is 7.99. The summed E-state index contributed by atoms with van der Waals surface area (Å²) in [6.07, 6.45) is 2.09. The van der Waals surface area contributed by atoms with Crippen molar-refractivity contribution < 1.29 is 0 Å². The molecule has 1 aliphatic rings. The summed E-state index contributed by atoms with van der Waals surface area (Å²) in [6, 6.07) is 29.1. The van der Waals surface area contributed by atoms with Crippen molar-refractivity contribution in [1.29, 1.82) is 0 Å². The number of rotatable bonds is 3. The number of H-pyrrole nitrogens is 1. The lowest BCUT2D eigenvalue weighted by Crippen LogP contribution is -2.23. The normalized spacial score (nSPS) is 15.6. The summed E-state index contributed by atoms with van der Waals surface area (Å²) in [5.74, 6) is 1.00. The van der Waals surface area contributed by atoms with Gasteiger partial charge in [-0.3, -0.25) is 4.99 Å². The van der Waals surface area contributed by atoms with E-state index < -0.39 is 0 Å². The van der Waals surface area contributed by atoms with Gasteiger partial charge in [0.15, 0.2) is 0 Å². The Morgan fingerprint density at radius 2 is 1.52 bits per heavy atom. The van der Waals surface area contributed by atoms with Gasteiger partial charge in [-0.05, 0) is 18.6 Å². The first-order valence-electron chi connectivity index (χ1n) is 10.6. The van der Waals surface area contributed by atoms with E-state index in [1.54, 1.807) is 0 Å². The van der Waals surface area contributed by atoms with Crippen LogP contribution in [0.3, 0.4) is 0 Å². The number of hydrogen-bond acceptors (Lipinski definition) is 2. The molecule has 0 fully saturated rings. The van der Waals surface area contributed by atoms with Gasteiger partial charge in [0, 0.05) is 33.9 Å². The molecule has 2 aromatic heterocycles. The van der Waals surface area contributed by atoms with Crippen LogP contribution in [0, 0.1) is 6.92 Å². The van der Waals surface area contributed by atoms with E-state index in [9.17, 15) is 0 Å². The van der Waals surface area contributed by atoms with Crippen molar-refractivity contribution in [3.63, 3.8) is 0 Å². The Morgan fingerprint density at radius 3 is 2.29 bits per heavy atom. The molecular weight excluding hydrogens is 380 g/mol. The minimum Gasteiger partial charge on any atom is -0.361 e. The fourth-order valence-corrected chi connectivity index (χ4v) is 4.56. The quantitative estimate of drug-likeness (QED) is 0.399. The zero-order valence-electron chi connectivity index (χ0n) is 17.3. The minimum atomic E-state index is -0.156. The van der Waals surface area contributed by atoms with Crippen LogP contribution < -0.4 is 0 Å². The number of aliphatic imine (C=N–C) groups is 1. The first-order chi connectivity index (χ1) is 15.3. The number of imidazole rings is 1. The molecule has 0 saturated heterocycles. The Hall–Kier alpha value is -3.92. The summed E-state index contributed by atoms with van der Waals surface area (Å²) < 4.78 is 2.34. The number of fused-ring (bicyclic) bond motifs is 2. The molecule has 0 aliphatic carbocycles. The molecule has 1 unspecified atom stereocenters. The van der Waals surface area contributed by atoms with Crippen LogP contribution in [0.1, 0.15) is 28.7 Å². The van der Waals surface area contributed by atoms with E-state index in [1.165, 1.54) is 11.1 Å². The van der Waals surface area contributed by atoms with E-state index in [1.807, 2.05) is 12.1 Å². The highest BCUT2D eigenvalue weighted by atomic mass is 15.2. The lowest BCUT2D eigenvalue weighted by atomic mass is 10.0. The molecule has 0 bridgehead atoms. The number of para-hydroxylation sites is 1. The van der Waals surface area contributed by atoms with Gasteiger partial charge in [-0.2, -0.15) is 0 Å². The van der Waals surface area contributed by atoms with E-state index in [4.69, 9.17) is 9.98 Å². The molecule has 0 saturated carbocycles. The first kappa shape index (κ1) is 17.9. The lowest BCUT2D eigenvalue weighted by molar-refractivity contribution is 0.654. The van der Waals surface area contributed by atoms with Gasteiger partial charge in [0.05, 0.1) is 18.0 Å². The van der Waals surface area contributed by atoms with Gasteiger partial charge in [-0.25, -0.2) is 4.98 Å². The fourth-order valence-electron chi connectivity index (χ4n) is 4.56. The number of hydrogen-bond donors (Lipinski definition) is 1. The molecule has 0 amide bonds. The molecule has 6 rings (SSSR count). The SMILES string of the molecule is Cc1c(-c2ccccc2)nc2n1CC(c1ccccc1)=NC2c1c[nH]c2ccccc12. The molecule has 150 valence electrons. The van der Waals surface area contributed by atoms with Crippen LogP contribution in [0.4, 0.5) is 0 Å². The second kappa shape index (κ2) is 7.10. The van der Waals surface area contributed by atoms with E-state index >= 15 is 0 Å². The highest BCUT2D eigenvalue weighted by molar-refractivity contribution is 6.01. The average molecular weight is 403 g/mol. The Kier molecular flexibility index (Phi) is 4.10. The van der Waals surface area contributed by atoms with E-state index in [2.05, 4.69) is 95.5 Å². The van der Waals surface area contributed by atoms with Crippen LogP contribution in [-0.4, -0.2) is 20.2 Å². The van der Waals surface area contributed by atoms with Crippen LogP contribution in [-0.2, 0) is 6.54 Å². The third kappa shape index (κ3) is 2.91. The number of aromatic nitrogens is 3. The molecule has 4 nitrogen and oxygen atoms in total. The van der Waals surface area contributed by atoms with E-state index in [0.29, 0.717) is 0 Å². The number of benzene rings is 3. The summed E-state index contributed by atoms with van der Waals surface area (Å²) in [6.45, 7) is 2.89. The van der Waals surface area contributed by atoms with Crippen molar-refractivity contribution in [3.05, 3.63) is 114 Å². The zero-order valence-corrected chi connectivity index (χ0v) is 17.3. The topological polar surface area (TPSA) is 46.0 Å². The highest BCUT2D eigenvalue weighted by Crippen LogP contribution is 2.37. The molecule has 4 heteroatoms. The van der Waals surface area contributed by atoms with Crippen molar-refractivity contribution in [2.45, 2.75) is 19.5 Å². The minimum absolute atomic E-state index is 0.156. The zero-order chi connectivity index (χ0) is 20.8. The van der Waals surface area contributed by atoms with Crippen LogP contribution >= 0.6 is 0 Å². The third-order valence-electron chi connectivity index (χ3n) is 6.16. The summed E-state index contributed by atoms with van der Waals surface area (Å²) in [7, 11) is 0. The van der Waals surface area contributed by atoms with E-state index in [-0.39, 0.29) is 6.04 Å². The van der Waals surface area contributed by atoms with Crippen LogP contribution in [0.25, 0.3) is 22.2 Å². The monoisotopic (exact) mass is 402 g/mol. The fraction of sp³-hybridized carbons (Fsp3) is 0.111. The molecule has 0 spiro atoms. The van der Waals surface area contributed by atoms with Crippen molar-refractivity contribution in [2.24, 2.45) is 4.99 Å². The van der Waals surface area contributed by atoms with Crippen LogP contribution in [0.5, 0.6) is 0 Å². The second-order valence-corrected chi connectivity index (χ2v) is 7.99. The molecule has 1 atom stereocenters. The smallest absolute Gasteiger partial charge is 0.139 e. The maximum absolute atomic E-state index is 5.25. The molecule has 0 radical (unpaired) electrons. The van der Waals surface area contributed by atoms with Gasteiger partial charge in [-0.15, -0.1) is 0 Å². The van der Waals surface area contributed by atoms with Gasteiger partial charge in [0.2, 0.25) is 0 Å². The molecular formula is C27H22N4. The van der Waals surface area contributed by atoms with Gasteiger partial charge < -0.3 is 9.55 Å². The Balaban J connectivity index is 1.57. The summed E-state index contributed by atoms with van der Waals surface area (Å²) in [5.41, 5.74) is 7.88. The maximum atomic E-state index is 5.25. The molecule has 1 aliphatic heterocycles. The highest BCUT2D eigenvalue weighted by Gasteiger charge is 2.30. The number of nitrogens with one attached hydrogen (secondary N) is 1. The van der Waals surface area contributed by atoms with Crippen molar-refractivity contribution in [2.75, 3.05) is 0 Å².